The van der Waals surface area contributed by atoms with E-state index in [9.17, 15) is 8.42 Å². The number of sulfone groups is 1. The molecule has 0 spiro atoms. The summed E-state index contributed by atoms with van der Waals surface area (Å²) in [6.45, 7) is 1.22. The zero-order valence-corrected chi connectivity index (χ0v) is 14.0. The summed E-state index contributed by atoms with van der Waals surface area (Å²) in [4.78, 5) is 0.283. The first-order chi connectivity index (χ1) is 11.0. The Bertz CT molecular complexity index is 768. The SMILES string of the molecule is CS(=O)(=O)c1cccc(OCCNC2(c3ccccc3)CC2)c1. The molecule has 2 aromatic rings. The lowest BCUT2D eigenvalue weighted by molar-refractivity contribution is 0.301. The van der Waals surface area contributed by atoms with Crippen LogP contribution in [0.3, 0.4) is 0 Å². The van der Waals surface area contributed by atoms with Gasteiger partial charge in [0.1, 0.15) is 12.4 Å². The van der Waals surface area contributed by atoms with E-state index in [0.717, 1.165) is 19.4 Å². The molecule has 0 unspecified atom stereocenters. The topological polar surface area (TPSA) is 55.4 Å². The summed E-state index contributed by atoms with van der Waals surface area (Å²) in [5, 5.41) is 3.56. The number of benzene rings is 2. The molecule has 1 aliphatic carbocycles. The summed E-state index contributed by atoms with van der Waals surface area (Å²) in [7, 11) is -3.20. The van der Waals surface area contributed by atoms with Gasteiger partial charge < -0.3 is 10.1 Å². The van der Waals surface area contributed by atoms with Crippen LogP contribution in [0.5, 0.6) is 5.75 Å². The highest BCUT2D eigenvalue weighted by Crippen LogP contribution is 2.45. The van der Waals surface area contributed by atoms with E-state index in [4.69, 9.17) is 4.74 Å². The molecule has 3 rings (SSSR count). The van der Waals surface area contributed by atoms with Crippen LogP contribution in [0.1, 0.15) is 18.4 Å². The van der Waals surface area contributed by atoms with E-state index in [1.165, 1.54) is 11.8 Å². The summed E-state index contributed by atoms with van der Waals surface area (Å²) >= 11 is 0. The third-order valence-electron chi connectivity index (χ3n) is 4.14. The Kier molecular flexibility index (Phi) is 4.41. The van der Waals surface area contributed by atoms with Crippen LogP contribution < -0.4 is 10.1 Å². The summed E-state index contributed by atoms with van der Waals surface area (Å²) < 4.78 is 28.8. The maximum atomic E-state index is 11.5. The van der Waals surface area contributed by atoms with Gasteiger partial charge in [0.15, 0.2) is 9.84 Å². The maximum Gasteiger partial charge on any atom is 0.175 e. The molecule has 0 aromatic heterocycles. The lowest BCUT2D eigenvalue weighted by Gasteiger charge is -2.18. The molecule has 2 aromatic carbocycles. The monoisotopic (exact) mass is 331 g/mol. The summed E-state index contributed by atoms with van der Waals surface area (Å²) in [5.41, 5.74) is 1.42. The molecule has 0 heterocycles. The van der Waals surface area contributed by atoms with E-state index in [0.29, 0.717) is 12.4 Å². The largest absolute Gasteiger partial charge is 0.492 e. The second-order valence-corrected chi connectivity index (χ2v) is 7.99. The van der Waals surface area contributed by atoms with Gasteiger partial charge in [-0.3, -0.25) is 0 Å². The maximum absolute atomic E-state index is 11.5. The molecule has 5 heteroatoms. The lowest BCUT2D eigenvalue weighted by atomic mass is 10.1. The van der Waals surface area contributed by atoms with Gasteiger partial charge in [0.2, 0.25) is 0 Å². The molecule has 1 saturated carbocycles. The van der Waals surface area contributed by atoms with E-state index in [1.807, 2.05) is 6.07 Å². The first kappa shape index (κ1) is 16.0. The fraction of sp³-hybridized carbons (Fsp3) is 0.333. The summed E-state index contributed by atoms with van der Waals surface area (Å²) in [6, 6.07) is 17.1. The van der Waals surface area contributed by atoms with Gasteiger partial charge >= 0.3 is 0 Å². The molecule has 4 nitrogen and oxygen atoms in total. The van der Waals surface area contributed by atoms with Crippen molar-refractivity contribution in [1.82, 2.24) is 5.32 Å². The molecule has 23 heavy (non-hydrogen) atoms. The van der Waals surface area contributed by atoms with Crippen molar-refractivity contribution in [3.63, 3.8) is 0 Å². The molecular weight excluding hydrogens is 310 g/mol. The average Bonchev–Trinajstić information content (AvgIpc) is 3.33. The molecular formula is C18H21NO3S. The lowest BCUT2D eigenvalue weighted by Crippen LogP contribution is -2.32. The zero-order valence-electron chi connectivity index (χ0n) is 13.2. The van der Waals surface area contributed by atoms with Crippen LogP contribution in [0, 0.1) is 0 Å². The Labute approximate surface area is 137 Å². The van der Waals surface area contributed by atoms with Crippen molar-refractivity contribution in [2.45, 2.75) is 23.3 Å². The van der Waals surface area contributed by atoms with Crippen molar-refractivity contribution in [3.8, 4) is 5.75 Å². The summed E-state index contributed by atoms with van der Waals surface area (Å²) in [6.07, 6.45) is 3.48. The molecule has 1 N–H and O–H groups in total. The van der Waals surface area contributed by atoms with Crippen LogP contribution in [-0.4, -0.2) is 27.8 Å². The van der Waals surface area contributed by atoms with Gasteiger partial charge in [0.25, 0.3) is 0 Å². The van der Waals surface area contributed by atoms with Crippen molar-refractivity contribution >= 4 is 9.84 Å². The van der Waals surface area contributed by atoms with Crippen LogP contribution in [0.15, 0.2) is 59.5 Å². The molecule has 0 bridgehead atoms. The molecule has 0 saturated heterocycles. The summed E-state index contributed by atoms with van der Waals surface area (Å²) in [5.74, 6) is 0.583. The van der Waals surface area contributed by atoms with E-state index < -0.39 is 9.84 Å². The van der Waals surface area contributed by atoms with E-state index in [-0.39, 0.29) is 10.4 Å². The van der Waals surface area contributed by atoms with Gasteiger partial charge in [-0.05, 0) is 36.6 Å². The fourth-order valence-electron chi connectivity index (χ4n) is 2.70. The molecule has 122 valence electrons. The van der Waals surface area contributed by atoms with E-state index in [2.05, 4.69) is 29.6 Å². The molecule has 0 radical (unpaired) electrons. The average molecular weight is 331 g/mol. The highest BCUT2D eigenvalue weighted by atomic mass is 32.2. The number of rotatable bonds is 7. The van der Waals surface area contributed by atoms with Gasteiger partial charge in [0.05, 0.1) is 4.90 Å². The van der Waals surface area contributed by atoms with Crippen molar-refractivity contribution in [2.24, 2.45) is 0 Å². The Morgan fingerprint density at radius 1 is 1.09 bits per heavy atom. The Morgan fingerprint density at radius 2 is 1.83 bits per heavy atom. The van der Waals surface area contributed by atoms with E-state index >= 15 is 0 Å². The normalized spacial score (nSPS) is 16.0. The van der Waals surface area contributed by atoms with Crippen LogP contribution in [0.2, 0.25) is 0 Å². The second-order valence-electron chi connectivity index (χ2n) is 5.97. The van der Waals surface area contributed by atoms with Crippen molar-refractivity contribution in [2.75, 3.05) is 19.4 Å². The molecule has 0 aliphatic heterocycles. The van der Waals surface area contributed by atoms with Crippen molar-refractivity contribution < 1.29 is 13.2 Å². The molecule has 1 fully saturated rings. The minimum Gasteiger partial charge on any atom is -0.492 e. The predicted octanol–water partition coefficient (Wildman–Crippen LogP) is 2.75. The van der Waals surface area contributed by atoms with Crippen LogP contribution in [0.25, 0.3) is 0 Å². The molecule has 0 amide bonds. The number of nitrogens with one attached hydrogen (secondary N) is 1. The highest BCUT2D eigenvalue weighted by Gasteiger charge is 2.43. The van der Waals surface area contributed by atoms with Crippen LogP contribution in [0.4, 0.5) is 0 Å². The molecule has 0 atom stereocenters. The Hall–Kier alpha value is -1.85. The Morgan fingerprint density at radius 3 is 2.48 bits per heavy atom. The third-order valence-corrected chi connectivity index (χ3v) is 5.25. The zero-order chi connectivity index (χ0) is 16.3. The van der Waals surface area contributed by atoms with Crippen LogP contribution in [-0.2, 0) is 15.4 Å². The fourth-order valence-corrected chi connectivity index (χ4v) is 3.36. The van der Waals surface area contributed by atoms with Gasteiger partial charge in [-0.1, -0.05) is 36.4 Å². The van der Waals surface area contributed by atoms with Gasteiger partial charge in [-0.2, -0.15) is 0 Å². The molecule has 1 aliphatic rings. The standard InChI is InChI=1S/C18H21NO3S/c1-23(20,21)17-9-5-8-16(14-17)22-13-12-19-18(10-11-18)15-6-3-2-4-7-15/h2-9,14,19H,10-13H2,1H3. The first-order valence-electron chi connectivity index (χ1n) is 7.73. The first-order valence-corrected chi connectivity index (χ1v) is 9.62. The van der Waals surface area contributed by atoms with Crippen LogP contribution >= 0.6 is 0 Å². The smallest absolute Gasteiger partial charge is 0.175 e. The Balaban J connectivity index is 1.53. The number of hydrogen-bond donors (Lipinski definition) is 1. The number of hydrogen-bond acceptors (Lipinski definition) is 4. The third kappa shape index (κ3) is 3.92. The van der Waals surface area contributed by atoms with Gasteiger partial charge in [-0.15, -0.1) is 0 Å². The highest BCUT2D eigenvalue weighted by molar-refractivity contribution is 7.90. The van der Waals surface area contributed by atoms with E-state index in [1.54, 1.807) is 24.3 Å². The van der Waals surface area contributed by atoms with Gasteiger partial charge in [-0.25, -0.2) is 8.42 Å². The van der Waals surface area contributed by atoms with Crippen molar-refractivity contribution in [3.05, 3.63) is 60.2 Å². The van der Waals surface area contributed by atoms with Gasteiger partial charge in [0, 0.05) is 18.3 Å². The quantitative estimate of drug-likeness (QED) is 0.793. The minimum atomic E-state index is -3.20. The second kappa shape index (κ2) is 6.34. The van der Waals surface area contributed by atoms with Crippen molar-refractivity contribution in [1.29, 1.82) is 0 Å². The number of ether oxygens (including phenoxy) is 1. The minimum absolute atomic E-state index is 0.0965. The predicted molar refractivity (Wildman–Crippen MR) is 90.4 cm³/mol.